The standard InChI is InChI=1S/C41H82N2/c1-4-7-10-13-15-17-19-20-21-22-23-24-25-26-28-30-33-36-41-42(37-34-31-12-9-6-3)39-40-43(41)38-35-32-29-27-18-16-14-11-8-5-2/h39-41H,4-38H2,1-3H3. The smallest absolute Gasteiger partial charge is 0.101 e. The first-order valence-corrected chi connectivity index (χ1v) is 20.5. The molecule has 1 unspecified atom stereocenters. The van der Waals surface area contributed by atoms with Crippen molar-refractivity contribution in [3.05, 3.63) is 12.4 Å². The van der Waals surface area contributed by atoms with E-state index in [1.165, 1.54) is 225 Å². The van der Waals surface area contributed by atoms with Gasteiger partial charge in [-0.2, -0.15) is 0 Å². The molecule has 256 valence electrons. The molecule has 1 aliphatic rings. The summed E-state index contributed by atoms with van der Waals surface area (Å²) in [5.74, 6) is 0. The van der Waals surface area contributed by atoms with Crippen molar-refractivity contribution in [2.24, 2.45) is 0 Å². The van der Waals surface area contributed by atoms with Gasteiger partial charge < -0.3 is 9.80 Å². The van der Waals surface area contributed by atoms with Gasteiger partial charge in [0.05, 0.1) is 0 Å². The second kappa shape index (κ2) is 32.7. The van der Waals surface area contributed by atoms with Crippen molar-refractivity contribution < 1.29 is 0 Å². The van der Waals surface area contributed by atoms with Crippen molar-refractivity contribution in [3.8, 4) is 0 Å². The van der Waals surface area contributed by atoms with Gasteiger partial charge >= 0.3 is 0 Å². The van der Waals surface area contributed by atoms with Gasteiger partial charge in [-0.1, -0.05) is 207 Å². The van der Waals surface area contributed by atoms with Crippen LogP contribution in [0.2, 0.25) is 0 Å². The zero-order valence-electron chi connectivity index (χ0n) is 30.4. The molecule has 43 heavy (non-hydrogen) atoms. The van der Waals surface area contributed by atoms with E-state index in [9.17, 15) is 0 Å². The molecular weight excluding hydrogens is 520 g/mol. The second-order valence-electron chi connectivity index (χ2n) is 14.3. The van der Waals surface area contributed by atoms with Gasteiger partial charge in [-0.15, -0.1) is 0 Å². The second-order valence-corrected chi connectivity index (χ2v) is 14.3. The Morgan fingerprint density at radius 3 is 0.814 bits per heavy atom. The maximum Gasteiger partial charge on any atom is 0.101 e. The van der Waals surface area contributed by atoms with Crippen LogP contribution in [0.15, 0.2) is 12.4 Å². The minimum Gasteiger partial charge on any atom is -0.356 e. The summed E-state index contributed by atoms with van der Waals surface area (Å²) in [5.41, 5.74) is 0. The van der Waals surface area contributed by atoms with Gasteiger partial charge in [0.2, 0.25) is 0 Å². The van der Waals surface area contributed by atoms with E-state index in [1.807, 2.05) is 0 Å². The average Bonchev–Trinajstić information content (AvgIpc) is 3.40. The molecular formula is C41H82N2. The number of rotatable bonds is 35. The van der Waals surface area contributed by atoms with Crippen LogP contribution in [0.3, 0.4) is 0 Å². The predicted molar refractivity (Wildman–Crippen MR) is 196 cm³/mol. The first-order valence-electron chi connectivity index (χ1n) is 20.5. The number of hydrogen-bond acceptors (Lipinski definition) is 2. The van der Waals surface area contributed by atoms with E-state index in [0.717, 1.165) is 0 Å². The van der Waals surface area contributed by atoms with Gasteiger partial charge in [-0.25, -0.2) is 0 Å². The molecule has 0 radical (unpaired) electrons. The minimum absolute atomic E-state index is 0.640. The molecule has 2 nitrogen and oxygen atoms in total. The molecule has 0 bridgehead atoms. The number of hydrogen-bond donors (Lipinski definition) is 0. The molecule has 0 aromatic carbocycles. The molecule has 0 saturated carbocycles. The summed E-state index contributed by atoms with van der Waals surface area (Å²) in [4.78, 5) is 5.41. The molecule has 2 heteroatoms. The molecule has 0 aromatic heterocycles. The molecule has 1 atom stereocenters. The molecule has 1 heterocycles. The van der Waals surface area contributed by atoms with E-state index in [0.29, 0.717) is 6.17 Å². The lowest BCUT2D eigenvalue weighted by atomic mass is 10.0. The lowest BCUT2D eigenvalue weighted by Gasteiger charge is -2.33. The summed E-state index contributed by atoms with van der Waals surface area (Å²) in [6, 6.07) is 0. The van der Waals surface area contributed by atoms with Gasteiger partial charge in [-0.3, -0.25) is 0 Å². The molecule has 0 aromatic rings. The van der Waals surface area contributed by atoms with Crippen molar-refractivity contribution in [1.82, 2.24) is 9.80 Å². The van der Waals surface area contributed by atoms with Crippen LogP contribution < -0.4 is 0 Å². The van der Waals surface area contributed by atoms with Crippen molar-refractivity contribution in [2.75, 3.05) is 13.1 Å². The van der Waals surface area contributed by atoms with Crippen LogP contribution in [0, 0.1) is 0 Å². The molecule has 0 aliphatic carbocycles. The summed E-state index contributed by atoms with van der Waals surface area (Å²) < 4.78 is 0. The fourth-order valence-electron chi connectivity index (χ4n) is 7.07. The highest BCUT2D eigenvalue weighted by Crippen LogP contribution is 2.24. The van der Waals surface area contributed by atoms with Crippen molar-refractivity contribution in [1.29, 1.82) is 0 Å². The Morgan fingerprint density at radius 2 is 0.535 bits per heavy atom. The van der Waals surface area contributed by atoms with Gasteiger partial charge in [0.15, 0.2) is 0 Å². The Hall–Kier alpha value is -0.660. The quantitative estimate of drug-likeness (QED) is 0.0666. The number of nitrogens with zero attached hydrogens (tertiary/aromatic N) is 2. The summed E-state index contributed by atoms with van der Waals surface area (Å²) in [6.45, 7) is 9.48. The summed E-state index contributed by atoms with van der Waals surface area (Å²) >= 11 is 0. The van der Waals surface area contributed by atoms with Crippen LogP contribution in [0.1, 0.15) is 233 Å². The van der Waals surface area contributed by atoms with Gasteiger partial charge in [-0.05, 0) is 25.7 Å². The van der Waals surface area contributed by atoms with Crippen LogP contribution in [-0.4, -0.2) is 29.1 Å². The lowest BCUT2D eigenvalue weighted by molar-refractivity contribution is 0.135. The normalized spacial score (nSPS) is 14.9. The highest BCUT2D eigenvalue weighted by molar-refractivity contribution is 4.97. The van der Waals surface area contributed by atoms with Gasteiger partial charge in [0, 0.05) is 25.5 Å². The fraction of sp³-hybridized carbons (Fsp3) is 0.951. The predicted octanol–water partition coefficient (Wildman–Crippen LogP) is 14.3. The summed E-state index contributed by atoms with van der Waals surface area (Å²) in [5, 5.41) is 0. The van der Waals surface area contributed by atoms with Gasteiger partial charge in [0.25, 0.3) is 0 Å². The topological polar surface area (TPSA) is 6.48 Å². The Bertz CT molecular complexity index is 558. The molecule has 1 aliphatic heterocycles. The molecule has 0 N–H and O–H groups in total. The molecule has 0 fully saturated rings. The van der Waals surface area contributed by atoms with Gasteiger partial charge in [0.1, 0.15) is 6.17 Å². The Labute approximate surface area is 273 Å². The maximum absolute atomic E-state index is 2.71. The molecule has 1 rings (SSSR count). The van der Waals surface area contributed by atoms with E-state index in [4.69, 9.17) is 0 Å². The van der Waals surface area contributed by atoms with Crippen LogP contribution >= 0.6 is 0 Å². The third-order valence-corrected chi connectivity index (χ3v) is 10.1. The van der Waals surface area contributed by atoms with Crippen LogP contribution in [0.25, 0.3) is 0 Å². The van der Waals surface area contributed by atoms with E-state index in [-0.39, 0.29) is 0 Å². The van der Waals surface area contributed by atoms with Crippen molar-refractivity contribution in [3.63, 3.8) is 0 Å². The van der Waals surface area contributed by atoms with Crippen molar-refractivity contribution in [2.45, 2.75) is 239 Å². The zero-order chi connectivity index (χ0) is 30.9. The summed E-state index contributed by atoms with van der Waals surface area (Å²) in [6.07, 6.45) is 52.9. The number of unbranched alkanes of at least 4 members (excludes halogenated alkanes) is 29. The highest BCUT2D eigenvalue weighted by atomic mass is 15.4. The molecule has 0 spiro atoms. The average molecular weight is 603 g/mol. The van der Waals surface area contributed by atoms with Crippen molar-refractivity contribution >= 4 is 0 Å². The van der Waals surface area contributed by atoms with E-state index >= 15 is 0 Å². The monoisotopic (exact) mass is 603 g/mol. The third-order valence-electron chi connectivity index (χ3n) is 10.1. The minimum atomic E-state index is 0.640. The molecule has 0 saturated heterocycles. The molecule has 0 amide bonds. The van der Waals surface area contributed by atoms with Crippen LogP contribution in [0.5, 0.6) is 0 Å². The SMILES string of the molecule is CCCCCCCCCCCCCCCCCCCC1N(CCCCCCC)C=CN1CCCCCCCCCCCC. The highest BCUT2D eigenvalue weighted by Gasteiger charge is 2.24. The first kappa shape index (κ1) is 40.4. The summed E-state index contributed by atoms with van der Waals surface area (Å²) in [7, 11) is 0. The third kappa shape index (κ3) is 25.2. The lowest BCUT2D eigenvalue weighted by Crippen LogP contribution is -2.39. The van der Waals surface area contributed by atoms with E-state index < -0.39 is 0 Å². The van der Waals surface area contributed by atoms with E-state index in [2.05, 4.69) is 43.0 Å². The van der Waals surface area contributed by atoms with E-state index in [1.54, 1.807) is 0 Å². The first-order chi connectivity index (χ1) is 21.3. The zero-order valence-corrected chi connectivity index (χ0v) is 30.4. The van der Waals surface area contributed by atoms with Crippen LogP contribution in [-0.2, 0) is 0 Å². The Balaban J connectivity index is 2.11. The largest absolute Gasteiger partial charge is 0.356 e. The maximum atomic E-state index is 2.71. The van der Waals surface area contributed by atoms with Crippen LogP contribution in [0.4, 0.5) is 0 Å². The Morgan fingerprint density at radius 1 is 0.302 bits per heavy atom. The Kier molecular flexibility index (Phi) is 30.7. The fourth-order valence-corrected chi connectivity index (χ4v) is 7.07.